The zero-order valence-corrected chi connectivity index (χ0v) is 33.9. The van der Waals surface area contributed by atoms with E-state index in [0.717, 1.165) is 93.5 Å². The molecule has 0 aliphatic rings. The molecule has 0 N–H and O–H groups in total. The predicted octanol–water partition coefficient (Wildman–Crippen LogP) is 14.6. The molecule has 4 heterocycles. The van der Waals surface area contributed by atoms with E-state index < -0.39 is 0 Å². The fourth-order valence-electron chi connectivity index (χ4n) is 9.54. The maximum atomic E-state index is 6.36. The molecule has 0 saturated carbocycles. The molecule has 63 heavy (non-hydrogen) atoms. The average molecular weight is 806 g/mol. The molecule has 0 bridgehead atoms. The number of para-hydroxylation sites is 3. The van der Waals surface area contributed by atoms with Crippen LogP contribution in [-0.4, -0.2) is 24.1 Å². The summed E-state index contributed by atoms with van der Waals surface area (Å²) in [6.07, 6.45) is 0. The molecule has 0 aliphatic heterocycles. The average Bonchev–Trinajstić information content (AvgIpc) is 4.02. The van der Waals surface area contributed by atoms with Gasteiger partial charge in [0.1, 0.15) is 11.2 Å². The molecule has 294 valence electrons. The first-order chi connectivity index (χ1) is 31.2. The zero-order valence-electron chi connectivity index (χ0n) is 33.9. The van der Waals surface area contributed by atoms with Crippen LogP contribution in [0.1, 0.15) is 0 Å². The van der Waals surface area contributed by atoms with E-state index in [2.05, 4.69) is 179 Å². The van der Waals surface area contributed by atoms with Crippen molar-refractivity contribution in [2.45, 2.75) is 0 Å². The maximum absolute atomic E-state index is 6.36. The molecule has 0 saturated heterocycles. The highest BCUT2D eigenvalue weighted by atomic mass is 16.3. The largest absolute Gasteiger partial charge is 0.456 e. The van der Waals surface area contributed by atoms with Gasteiger partial charge in [-0.2, -0.15) is 9.97 Å². The summed E-state index contributed by atoms with van der Waals surface area (Å²) in [5, 5.41) is 6.64. The van der Waals surface area contributed by atoms with Crippen LogP contribution >= 0.6 is 0 Å². The first-order valence-electron chi connectivity index (χ1n) is 21.2. The van der Waals surface area contributed by atoms with Crippen LogP contribution in [0.15, 0.2) is 217 Å². The van der Waals surface area contributed by atoms with Crippen molar-refractivity contribution in [3.05, 3.63) is 212 Å². The summed E-state index contributed by atoms with van der Waals surface area (Å²) in [6.45, 7) is 0. The van der Waals surface area contributed by atoms with E-state index in [-0.39, 0.29) is 0 Å². The molecule has 0 atom stereocenters. The Morgan fingerprint density at radius 2 is 0.905 bits per heavy atom. The van der Waals surface area contributed by atoms with Crippen LogP contribution in [0.5, 0.6) is 0 Å². The third-order valence-electron chi connectivity index (χ3n) is 12.4. The Morgan fingerprint density at radius 3 is 1.67 bits per heavy atom. The van der Waals surface area contributed by atoms with Gasteiger partial charge in [-0.1, -0.05) is 164 Å². The quantitative estimate of drug-likeness (QED) is 0.168. The highest BCUT2D eigenvalue weighted by Gasteiger charge is 2.24. The number of furan rings is 1. The number of hydrogen-bond donors (Lipinski definition) is 0. The molecule has 0 spiro atoms. The lowest BCUT2D eigenvalue weighted by Crippen LogP contribution is -2.06. The van der Waals surface area contributed by atoms with E-state index in [9.17, 15) is 0 Å². The lowest BCUT2D eigenvalue weighted by atomic mass is 9.97. The molecule has 13 aromatic rings. The van der Waals surface area contributed by atoms with Gasteiger partial charge in [0.05, 0.1) is 27.8 Å². The van der Waals surface area contributed by atoms with Crippen LogP contribution in [0.25, 0.3) is 122 Å². The van der Waals surface area contributed by atoms with Crippen molar-refractivity contribution in [1.82, 2.24) is 24.1 Å². The van der Waals surface area contributed by atoms with Gasteiger partial charge in [-0.3, -0.25) is 4.57 Å². The van der Waals surface area contributed by atoms with Gasteiger partial charge in [-0.25, -0.2) is 4.98 Å². The Hall–Kier alpha value is -8.61. The molecule has 0 aliphatic carbocycles. The van der Waals surface area contributed by atoms with Gasteiger partial charge in [0.15, 0.2) is 11.6 Å². The van der Waals surface area contributed by atoms with Gasteiger partial charge in [0.25, 0.3) is 0 Å². The molecular formula is C57H35N5O. The van der Waals surface area contributed by atoms with Crippen molar-refractivity contribution in [3.63, 3.8) is 0 Å². The van der Waals surface area contributed by atoms with Gasteiger partial charge >= 0.3 is 0 Å². The molecule has 0 fully saturated rings. The van der Waals surface area contributed by atoms with Crippen molar-refractivity contribution in [2.24, 2.45) is 0 Å². The van der Waals surface area contributed by atoms with E-state index in [1.807, 2.05) is 42.5 Å². The number of rotatable bonds is 6. The van der Waals surface area contributed by atoms with Crippen LogP contribution in [0.3, 0.4) is 0 Å². The molecule has 9 aromatic carbocycles. The molecule has 0 amide bonds. The zero-order chi connectivity index (χ0) is 41.4. The highest BCUT2D eigenvalue weighted by Crippen LogP contribution is 2.44. The van der Waals surface area contributed by atoms with Crippen molar-refractivity contribution < 1.29 is 4.42 Å². The fourth-order valence-corrected chi connectivity index (χ4v) is 9.54. The SMILES string of the molecule is c1ccc(-c2ccc(-n3c4ccccc4c4c3ccc3c5ccccc5n(-c5nc(-c6ccccc6)nc(-c6ccc7c(c6)oc6ccccc67)n5)c34)c(-c3ccccc3)c2)cc1. The summed E-state index contributed by atoms with van der Waals surface area (Å²) < 4.78 is 11.0. The van der Waals surface area contributed by atoms with Crippen LogP contribution < -0.4 is 0 Å². The maximum Gasteiger partial charge on any atom is 0.238 e. The second-order valence-corrected chi connectivity index (χ2v) is 16.0. The molecule has 13 rings (SSSR count). The smallest absolute Gasteiger partial charge is 0.238 e. The Labute approximate surface area is 361 Å². The van der Waals surface area contributed by atoms with Gasteiger partial charge in [-0.15, -0.1) is 0 Å². The van der Waals surface area contributed by atoms with Gasteiger partial charge in [0.2, 0.25) is 5.95 Å². The molecule has 0 unspecified atom stereocenters. The van der Waals surface area contributed by atoms with Gasteiger partial charge in [-0.05, 0) is 65.2 Å². The third kappa shape index (κ3) is 5.55. The van der Waals surface area contributed by atoms with Crippen LogP contribution in [-0.2, 0) is 0 Å². The third-order valence-corrected chi connectivity index (χ3v) is 12.4. The minimum atomic E-state index is 0.538. The Kier molecular flexibility index (Phi) is 7.80. The van der Waals surface area contributed by atoms with Crippen LogP contribution in [0.4, 0.5) is 0 Å². The minimum Gasteiger partial charge on any atom is -0.456 e. The molecule has 6 nitrogen and oxygen atoms in total. The highest BCUT2D eigenvalue weighted by molar-refractivity contribution is 6.26. The summed E-state index contributed by atoms with van der Waals surface area (Å²) in [6, 6.07) is 74.6. The van der Waals surface area contributed by atoms with Crippen molar-refractivity contribution in [1.29, 1.82) is 0 Å². The minimum absolute atomic E-state index is 0.538. The van der Waals surface area contributed by atoms with E-state index in [1.165, 1.54) is 11.1 Å². The lowest BCUT2D eigenvalue weighted by Gasteiger charge is -2.16. The molecule has 0 radical (unpaired) electrons. The standard InChI is InChI=1S/C57H35N5O/c1-4-16-36(17-5-1)39-29-32-49(46(34-39)37-18-6-2-7-19-37)61-48-26-14-11-24-45(48)53-50(61)33-31-44-41-22-10-13-25-47(41)62(54(44)53)57-59-55(38-20-8-3-9-21-38)58-56(60-57)40-28-30-43-42-23-12-15-27-51(42)63-52(43)35-40/h1-35H. The van der Waals surface area contributed by atoms with E-state index in [0.29, 0.717) is 17.6 Å². The number of benzene rings is 9. The second kappa shape index (κ2) is 14.0. The lowest BCUT2D eigenvalue weighted by molar-refractivity contribution is 0.669. The summed E-state index contributed by atoms with van der Waals surface area (Å²) in [5.41, 5.74) is 13.4. The summed E-state index contributed by atoms with van der Waals surface area (Å²) >= 11 is 0. The monoisotopic (exact) mass is 805 g/mol. The number of aromatic nitrogens is 5. The Morgan fingerprint density at radius 1 is 0.333 bits per heavy atom. The first-order valence-corrected chi connectivity index (χ1v) is 21.2. The number of nitrogens with zero attached hydrogens (tertiary/aromatic N) is 5. The second-order valence-electron chi connectivity index (χ2n) is 16.0. The van der Waals surface area contributed by atoms with Crippen LogP contribution in [0.2, 0.25) is 0 Å². The summed E-state index contributed by atoms with van der Waals surface area (Å²) in [7, 11) is 0. The van der Waals surface area contributed by atoms with Gasteiger partial charge in [0, 0.05) is 49.0 Å². The molecule has 6 heteroatoms. The summed E-state index contributed by atoms with van der Waals surface area (Å²) in [4.78, 5) is 15.8. The van der Waals surface area contributed by atoms with E-state index in [1.54, 1.807) is 0 Å². The van der Waals surface area contributed by atoms with Crippen molar-refractivity contribution in [3.8, 4) is 56.7 Å². The van der Waals surface area contributed by atoms with Crippen molar-refractivity contribution >= 4 is 65.6 Å². The fraction of sp³-hybridized carbons (Fsp3) is 0. The predicted molar refractivity (Wildman–Crippen MR) is 258 cm³/mol. The first kappa shape index (κ1) is 35.2. The molecular weight excluding hydrogens is 771 g/mol. The van der Waals surface area contributed by atoms with Crippen LogP contribution in [0, 0.1) is 0 Å². The normalized spacial score (nSPS) is 11.8. The van der Waals surface area contributed by atoms with Crippen molar-refractivity contribution in [2.75, 3.05) is 0 Å². The van der Waals surface area contributed by atoms with Gasteiger partial charge < -0.3 is 8.98 Å². The number of fused-ring (bicyclic) bond motifs is 10. The molecule has 4 aromatic heterocycles. The van der Waals surface area contributed by atoms with E-state index >= 15 is 0 Å². The Bertz CT molecular complexity index is 3900. The topological polar surface area (TPSA) is 61.7 Å². The Balaban J connectivity index is 1.11. The van der Waals surface area contributed by atoms with E-state index in [4.69, 9.17) is 19.4 Å². The summed E-state index contributed by atoms with van der Waals surface area (Å²) in [5.74, 6) is 1.69. The number of hydrogen-bond acceptors (Lipinski definition) is 4.